The highest BCUT2D eigenvalue weighted by molar-refractivity contribution is 7.89. The zero-order chi connectivity index (χ0) is 16.7. The molecule has 0 spiro atoms. The van der Waals surface area contributed by atoms with E-state index in [1.54, 1.807) is 0 Å². The number of aromatic nitrogens is 1. The molecule has 6 nitrogen and oxygen atoms in total. The number of halogens is 3. The molecule has 1 aliphatic rings. The molecule has 122 valence electrons. The van der Waals surface area contributed by atoms with Crippen molar-refractivity contribution in [2.75, 3.05) is 17.2 Å². The predicted octanol–water partition coefficient (Wildman–Crippen LogP) is 1.05. The van der Waals surface area contributed by atoms with E-state index in [-0.39, 0.29) is 36.0 Å². The summed E-state index contributed by atoms with van der Waals surface area (Å²) in [4.78, 5) is 16.7. The van der Waals surface area contributed by atoms with Crippen LogP contribution in [0.4, 0.5) is 18.9 Å². The summed E-state index contributed by atoms with van der Waals surface area (Å²) in [6.45, 7) is 1.45. The largest absolute Gasteiger partial charge is 0.433 e. The molecule has 0 aliphatic carbocycles. The van der Waals surface area contributed by atoms with E-state index in [9.17, 15) is 26.4 Å². The number of primary sulfonamides is 1. The molecule has 22 heavy (non-hydrogen) atoms. The fraction of sp³-hybridized carbons (Fsp3) is 0.500. The second-order valence-corrected chi connectivity index (χ2v) is 6.86. The van der Waals surface area contributed by atoms with E-state index < -0.39 is 27.8 Å². The number of carbonyl (C=O) groups is 1. The van der Waals surface area contributed by atoms with Gasteiger partial charge in [0.25, 0.3) is 0 Å². The fourth-order valence-corrected chi connectivity index (χ4v) is 3.33. The fourth-order valence-electron chi connectivity index (χ4n) is 2.45. The summed E-state index contributed by atoms with van der Waals surface area (Å²) in [6, 6.07) is 1.96. The molecule has 2 N–H and O–H groups in total. The van der Waals surface area contributed by atoms with Crippen molar-refractivity contribution in [3.63, 3.8) is 0 Å². The summed E-state index contributed by atoms with van der Waals surface area (Å²) in [5.41, 5.74) is -0.740. The molecular formula is C12H14F3N3O3S. The number of rotatable bonds is 3. The molecule has 0 saturated carbocycles. The van der Waals surface area contributed by atoms with Gasteiger partial charge in [-0.1, -0.05) is 0 Å². The van der Waals surface area contributed by atoms with Crippen molar-refractivity contribution in [2.24, 2.45) is 11.1 Å². The maximum Gasteiger partial charge on any atom is 0.433 e. The predicted molar refractivity (Wildman–Crippen MR) is 72.4 cm³/mol. The number of nitrogens with zero attached hydrogens (tertiary/aromatic N) is 2. The number of carbonyl (C=O) groups excluding carboxylic acids is 1. The molecule has 0 bridgehead atoms. The second kappa shape index (κ2) is 5.51. The lowest BCUT2D eigenvalue weighted by molar-refractivity contribution is -0.141. The number of hydrogen-bond donors (Lipinski definition) is 1. The molecule has 2 heterocycles. The van der Waals surface area contributed by atoms with Gasteiger partial charge < -0.3 is 4.90 Å². The molecule has 1 amide bonds. The zero-order valence-electron chi connectivity index (χ0n) is 11.6. The van der Waals surface area contributed by atoms with Gasteiger partial charge >= 0.3 is 6.18 Å². The molecule has 10 heteroatoms. The number of nitrogens with two attached hydrogens (primary N) is 1. The summed E-state index contributed by atoms with van der Waals surface area (Å²) in [7, 11) is -3.72. The van der Waals surface area contributed by atoms with Crippen LogP contribution in [0.15, 0.2) is 12.1 Å². The highest BCUT2D eigenvalue weighted by atomic mass is 32.2. The summed E-state index contributed by atoms with van der Waals surface area (Å²) in [5.74, 6) is -1.19. The van der Waals surface area contributed by atoms with Crippen molar-refractivity contribution in [3.05, 3.63) is 23.5 Å². The zero-order valence-corrected chi connectivity index (χ0v) is 12.4. The number of hydrogen-bond acceptors (Lipinski definition) is 4. The maximum atomic E-state index is 12.6. The Morgan fingerprint density at radius 3 is 2.55 bits per heavy atom. The summed E-state index contributed by atoms with van der Waals surface area (Å²) in [5, 5.41) is 4.95. The van der Waals surface area contributed by atoms with Crippen LogP contribution in [0.2, 0.25) is 0 Å². The Morgan fingerprint density at radius 1 is 1.41 bits per heavy atom. The summed E-state index contributed by atoms with van der Waals surface area (Å²) >= 11 is 0. The minimum absolute atomic E-state index is 0.0170. The van der Waals surface area contributed by atoms with Gasteiger partial charge in [0, 0.05) is 18.9 Å². The van der Waals surface area contributed by atoms with Gasteiger partial charge in [0.15, 0.2) is 0 Å². The third-order valence-electron chi connectivity index (χ3n) is 3.31. The lowest BCUT2D eigenvalue weighted by atomic mass is 10.1. The molecule has 1 unspecified atom stereocenters. The Balaban J connectivity index is 2.24. The first-order valence-corrected chi connectivity index (χ1v) is 8.04. The topological polar surface area (TPSA) is 93.4 Å². The van der Waals surface area contributed by atoms with E-state index in [4.69, 9.17) is 5.14 Å². The normalized spacial score (nSPS) is 19.8. The molecule has 1 aliphatic heterocycles. The van der Waals surface area contributed by atoms with Crippen molar-refractivity contribution in [2.45, 2.75) is 19.5 Å². The van der Waals surface area contributed by atoms with Gasteiger partial charge in [-0.15, -0.1) is 0 Å². The van der Waals surface area contributed by atoms with Crippen LogP contribution < -0.4 is 10.0 Å². The molecule has 1 aromatic rings. The number of alkyl halides is 3. The third-order valence-corrected chi connectivity index (χ3v) is 4.25. The molecule has 1 atom stereocenters. The number of sulfonamides is 1. The van der Waals surface area contributed by atoms with Crippen molar-refractivity contribution in [3.8, 4) is 0 Å². The van der Waals surface area contributed by atoms with E-state index in [0.29, 0.717) is 0 Å². The minimum atomic E-state index is -4.56. The van der Waals surface area contributed by atoms with Crippen molar-refractivity contribution in [1.82, 2.24) is 4.98 Å². The quantitative estimate of drug-likeness (QED) is 0.892. The third kappa shape index (κ3) is 3.74. The van der Waals surface area contributed by atoms with Crippen LogP contribution in [0, 0.1) is 12.8 Å². The number of pyridine rings is 1. The average molecular weight is 337 g/mol. The number of aryl methyl sites for hydroxylation is 1. The molecule has 2 rings (SSSR count). The Kier molecular flexibility index (Phi) is 4.18. The van der Waals surface area contributed by atoms with Gasteiger partial charge in [0.2, 0.25) is 15.9 Å². The molecule has 1 fully saturated rings. The average Bonchev–Trinajstić information content (AvgIpc) is 2.66. The Hall–Kier alpha value is -1.68. The van der Waals surface area contributed by atoms with Gasteiger partial charge in [-0.25, -0.2) is 18.5 Å². The van der Waals surface area contributed by atoms with Crippen LogP contribution in [0.25, 0.3) is 0 Å². The van der Waals surface area contributed by atoms with Crippen LogP contribution in [0.5, 0.6) is 0 Å². The standard InChI is InChI=1S/C12H14F3N3O3S/c1-7-9(2-3-10(17-7)12(13,14)15)18-5-8(4-11(18)19)6-22(16,20)21/h2-3,8H,4-6H2,1H3,(H2,16,20,21). The van der Waals surface area contributed by atoms with Crippen LogP contribution >= 0.6 is 0 Å². The van der Waals surface area contributed by atoms with Crippen LogP contribution in [-0.2, 0) is 21.0 Å². The lowest BCUT2D eigenvalue weighted by Gasteiger charge is -2.19. The Labute approximate surface area is 125 Å². The van der Waals surface area contributed by atoms with E-state index in [1.807, 2.05) is 0 Å². The van der Waals surface area contributed by atoms with Crippen molar-refractivity contribution in [1.29, 1.82) is 0 Å². The van der Waals surface area contributed by atoms with Crippen molar-refractivity contribution < 1.29 is 26.4 Å². The first-order chi connectivity index (χ1) is 9.97. The van der Waals surface area contributed by atoms with Gasteiger partial charge in [-0.2, -0.15) is 13.2 Å². The van der Waals surface area contributed by atoms with E-state index in [0.717, 1.165) is 6.07 Å². The summed E-state index contributed by atoms with van der Waals surface area (Å²) < 4.78 is 59.9. The van der Waals surface area contributed by atoms with Crippen LogP contribution in [0.1, 0.15) is 17.8 Å². The maximum absolute atomic E-state index is 12.6. The smallest absolute Gasteiger partial charge is 0.310 e. The SMILES string of the molecule is Cc1nc(C(F)(F)F)ccc1N1CC(CS(N)(=O)=O)CC1=O. The summed E-state index contributed by atoms with van der Waals surface area (Å²) in [6.07, 6.45) is -4.58. The molecule has 0 aromatic carbocycles. The highest BCUT2D eigenvalue weighted by Crippen LogP contribution is 2.32. The minimum Gasteiger partial charge on any atom is -0.310 e. The monoisotopic (exact) mass is 337 g/mol. The number of amides is 1. The Bertz CT molecular complexity index is 703. The Morgan fingerprint density at radius 2 is 2.05 bits per heavy atom. The molecule has 0 radical (unpaired) electrons. The first-order valence-electron chi connectivity index (χ1n) is 6.33. The molecular weight excluding hydrogens is 323 g/mol. The first kappa shape index (κ1) is 16.7. The van der Waals surface area contributed by atoms with E-state index >= 15 is 0 Å². The molecule has 1 saturated heterocycles. The highest BCUT2D eigenvalue weighted by Gasteiger charge is 2.36. The van der Waals surface area contributed by atoms with Gasteiger partial charge in [-0.3, -0.25) is 4.79 Å². The number of anilines is 1. The molecule has 1 aromatic heterocycles. The second-order valence-electron chi connectivity index (χ2n) is 5.20. The van der Waals surface area contributed by atoms with Gasteiger partial charge in [0.05, 0.1) is 17.1 Å². The van der Waals surface area contributed by atoms with Crippen LogP contribution in [0.3, 0.4) is 0 Å². The van der Waals surface area contributed by atoms with Crippen molar-refractivity contribution >= 4 is 21.6 Å². The van der Waals surface area contributed by atoms with Crippen LogP contribution in [-0.4, -0.2) is 31.6 Å². The van der Waals surface area contributed by atoms with E-state index in [2.05, 4.69) is 4.98 Å². The van der Waals surface area contributed by atoms with Gasteiger partial charge in [0.1, 0.15) is 5.69 Å². The lowest BCUT2D eigenvalue weighted by Crippen LogP contribution is -2.28. The van der Waals surface area contributed by atoms with E-state index in [1.165, 1.54) is 17.9 Å². The van der Waals surface area contributed by atoms with Gasteiger partial charge in [-0.05, 0) is 19.1 Å².